The van der Waals surface area contributed by atoms with Gasteiger partial charge in [-0.15, -0.1) is 0 Å². The molecular formula is C13H18N4O. The van der Waals surface area contributed by atoms with Gasteiger partial charge < -0.3 is 10.1 Å². The number of methoxy groups -OCH3 is 1. The van der Waals surface area contributed by atoms with Crippen molar-refractivity contribution in [3.63, 3.8) is 0 Å². The highest BCUT2D eigenvalue weighted by Gasteiger charge is 2.05. The van der Waals surface area contributed by atoms with E-state index in [1.807, 2.05) is 22.9 Å². The first-order valence-corrected chi connectivity index (χ1v) is 5.97. The molecule has 1 N–H and O–H groups in total. The molecule has 0 unspecified atom stereocenters. The van der Waals surface area contributed by atoms with Crippen LogP contribution in [0.15, 0.2) is 36.9 Å². The first kappa shape index (κ1) is 12.6. The molecule has 5 heteroatoms. The maximum Gasteiger partial charge on any atom is 0.137 e. The molecule has 0 amide bonds. The number of aromatic nitrogens is 3. The Morgan fingerprint density at radius 2 is 2.22 bits per heavy atom. The predicted molar refractivity (Wildman–Crippen MR) is 69.3 cm³/mol. The largest absolute Gasteiger partial charge is 0.496 e. The van der Waals surface area contributed by atoms with Crippen LogP contribution >= 0.6 is 0 Å². The van der Waals surface area contributed by atoms with Crippen molar-refractivity contribution in [2.24, 2.45) is 0 Å². The highest BCUT2D eigenvalue weighted by Crippen LogP contribution is 2.16. The van der Waals surface area contributed by atoms with Crippen molar-refractivity contribution in [3.05, 3.63) is 42.5 Å². The van der Waals surface area contributed by atoms with E-state index in [9.17, 15) is 0 Å². The lowest BCUT2D eigenvalue weighted by Gasteiger charge is -2.15. The molecule has 0 bridgehead atoms. The van der Waals surface area contributed by atoms with Crippen molar-refractivity contribution in [2.75, 3.05) is 7.11 Å². The van der Waals surface area contributed by atoms with Crippen LogP contribution in [0.2, 0.25) is 0 Å². The predicted octanol–water partition coefficient (Wildman–Crippen LogP) is 1.46. The van der Waals surface area contributed by atoms with Crippen molar-refractivity contribution in [2.45, 2.75) is 26.1 Å². The van der Waals surface area contributed by atoms with Crippen molar-refractivity contribution in [3.8, 4) is 5.75 Å². The zero-order chi connectivity index (χ0) is 12.8. The summed E-state index contributed by atoms with van der Waals surface area (Å²) in [5, 5.41) is 7.53. The van der Waals surface area contributed by atoms with Gasteiger partial charge >= 0.3 is 0 Å². The zero-order valence-electron chi connectivity index (χ0n) is 10.7. The summed E-state index contributed by atoms with van der Waals surface area (Å²) in [6.45, 7) is 3.70. The molecule has 96 valence electrons. The molecule has 0 saturated heterocycles. The normalized spacial score (nSPS) is 12.3. The summed E-state index contributed by atoms with van der Waals surface area (Å²) in [5.74, 6) is 0.915. The number of benzene rings is 1. The Bertz CT molecular complexity index is 470. The standard InChI is InChI=1S/C13H18N4O/c1-11(8-17-10-14-9-16-17)15-7-12-5-3-4-6-13(12)18-2/h3-6,9-11,15H,7-8H2,1-2H3/t11-/m0/s1. The highest BCUT2D eigenvalue weighted by molar-refractivity contribution is 5.32. The first-order valence-electron chi connectivity index (χ1n) is 5.97. The van der Waals surface area contributed by atoms with Crippen LogP contribution in [0.25, 0.3) is 0 Å². The Morgan fingerprint density at radius 1 is 1.39 bits per heavy atom. The summed E-state index contributed by atoms with van der Waals surface area (Å²) in [6.07, 6.45) is 3.27. The molecule has 2 aromatic rings. The minimum Gasteiger partial charge on any atom is -0.496 e. The fraction of sp³-hybridized carbons (Fsp3) is 0.385. The van der Waals surface area contributed by atoms with Crippen LogP contribution in [0.1, 0.15) is 12.5 Å². The quantitative estimate of drug-likeness (QED) is 0.838. The van der Waals surface area contributed by atoms with Crippen molar-refractivity contribution in [1.29, 1.82) is 0 Å². The van der Waals surface area contributed by atoms with Gasteiger partial charge in [0.2, 0.25) is 0 Å². The summed E-state index contributed by atoms with van der Waals surface area (Å²) >= 11 is 0. The Kier molecular flexibility index (Phi) is 4.30. The topological polar surface area (TPSA) is 52.0 Å². The van der Waals surface area contributed by atoms with E-state index in [1.165, 1.54) is 0 Å². The van der Waals surface area contributed by atoms with Gasteiger partial charge in [0.1, 0.15) is 18.4 Å². The second-order valence-corrected chi connectivity index (χ2v) is 4.21. The Hall–Kier alpha value is -1.88. The van der Waals surface area contributed by atoms with E-state index in [0.717, 1.165) is 24.4 Å². The molecule has 0 fully saturated rings. The average Bonchev–Trinajstić information content (AvgIpc) is 2.89. The molecule has 0 saturated carbocycles. The van der Waals surface area contributed by atoms with Crippen LogP contribution < -0.4 is 10.1 Å². The molecule has 5 nitrogen and oxygen atoms in total. The van der Waals surface area contributed by atoms with Crippen molar-refractivity contribution in [1.82, 2.24) is 20.1 Å². The number of nitrogens with one attached hydrogen (secondary N) is 1. The summed E-state index contributed by atoms with van der Waals surface area (Å²) < 4.78 is 7.14. The molecule has 0 radical (unpaired) electrons. The number of ether oxygens (including phenoxy) is 1. The van der Waals surface area contributed by atoms with Gasteiger partial charge in [-0.05, 0) is 13.0 Å². The van der Waals surface area contributed by atoms with Crippen LogP contribution in [0.3, 0.4) is 0 Å². The van der Waals surface area contributed by atoms with Crippen LogP contribution in [0.5, 0.6) is 5.75 Å². The second-order valence-electron chi connectivity index (χ2n) is 4.21. The van der Waals surface area contributed by atoms with E-state index < -0.39 is 0 Å². The highest BCUT2D eigenvalue weighted by atomic mass is 16.5. The summed E-state index contributed by atoms with van der Waals surface area (Å²) in [5.41, 5.74) is 1.16. The lowest BCUT2D eigenvalue weighted by atomic mass is 10.2. The van der Waals surface area contributed by atoms with Gasteiger partial charge in [-0.2, -0.15) is 5.10 Å². The zero-order valence-corrected chi connectivity index (χ0v) is 10.7. The molecule has 0 aliphatic heterocycles. The van der Waals surface area contributed by atoms with Crippen LogP contribution in [0, 0.1) is 0 Å². The Morgan fingerprint density at radius 3 is 2.94 bits per heavy atom. The van der Waals surface area contributed by atoms with Crippen molar-refractivity contribution < 1.29 is 4.74 Å². The second kappa shape index (κ2) is 6.16. The van der Waals surface area contributed by atoms with Crippen molar-refractivity contribution >= 4 is 0 Å². The molecule has 1 heterocycles. The molecule has 0 aliphatic rings. The Balaban J connectivity index is 1.87. The van der Waals surface area contributed by atoms with Gasteiger partial charge in [-0.3, -0.25) is 4.68 Å². The number of nitrogens with zero attached hydrogens (tertiary/aromatic N) is 3. The summed E-state index contributed by atoms with van der Waals surface area (Å²) in [6, 6.07) is 8.34. The van der Waals surface area contributed by atoms with Crippen LogP contribution in [-0.4, -0.2) is 27.9 Å². The molecule has 0 aliphatic carbocycles. The maximum atomic E-state index is 5.32. The van der Waals surface area contributed by atoms with Gasteiger partial charge in [-0.1, -0.05) is 18.2 Å². The molecular weight excluding hydrogens is 228 g/mol. The SMILES string of the molecule is COc1ccccc1CN[C@@H](C)Cn1cncn1. The molecule has 1 aromatic heterocycles. The third-order valence-corrected chi connectivity index (χ3v) is 2.76. The van der Waals surface area contributed by atoms with E-state index in [2.05, 4.69) is 28.4 Å². The number of rotatable bonds is 6. The lowest BCUT2D eigenvalue weighted by molar-refractivity contribution is 0.401. The van der Waals surface area contributed by atoms with Gasteiger partial charge in [-0.25, -0.2) is 4.98 Å². The number of hydrogen-bond acceptors (Lipinski definition) is 4. The van der Waals surface area contributed by atoms with E-state index >= 15 is 0 Å². The lowest BCUT2D eigenvalue weighted by Crippen LogP contribution is -2.30. The smallest absolute Gasteiger partial charge is 0.137 e. The monoisotopic (exact) mass is 246 g/mol. The number of para-hydroxylation sites is 1. The fourth-order valence-electron chi connectivity index (χ4n) is 1.81. The van der Waals surface area contributed by atoms with Gasteiger partial charge in [0.25, 0.3) is 0 Å². The maximum absolute atomic E-state index is 5.32. The minimum absolute atomic E-state index is 0.316. The minimum atomic E-state index is 0.316. The molecule has 0 spiro atoms. The van der Waals surface area contributed by atoms with E-state index in [4.69, 9.17) is 4.74 Å². The third-order valence-electron chi connectivity index (χ3n) is 2.76. The van der Waals surface area contributed by atoms with E-state index in [0.29, 0.717) is 6.04 Å². The van der Waals surface area contributed by atoms with Gasteiger partial charge in [0.15, 0.2) is 0 Å². The summed E-state index contributed by atoms with van der Waals surface area (Å²) in [4.78, 5) is 3.92. The molecule has 1 aromatic carbocycles. The Labute approximate surface area is 107 Å². The number of hydrogen-bond donors (Lipinski definition) is 1. The molecule has 2 rings (SSSR count). The first-order chi connectivity index (χ1) is 8.79. The van der Waals surface area contributed by atoms with Crippen LogP contribution in [-0.2, 0) is 13.1 Å². The fourth-order valence-corrected chi connectivity index (χ4v) is 1.81. The summed E-state index contributed by atoms with van der Waals surface area (Å²) in [7, 11) is 1.69. The van der Waals surface area contributed by atoms with Crippen LogP contribution in [0.4, 0.5) is 0 Å². The molecule has 1 atom stereocenters. The van der Waals surface area contributed by atoms with Gasteiger partial charge in [0, 0.05) is 18.2 Å². The molecule has 18 heavy (non-hydrogen) atoms. The van der Waals surface area contributed by atoms with Gasteiger partial charge in [0.05, 0.1) is 13.7 Å². The van der Waals surface area contributed by atoms with E-state index in [-0.39, 0.29) is 0 Å². The third kappa shape index (κ3) is 3.30. The van der Waals surface area contributed by atoms with E-state index in [1.54, 1.807) is 19.8 Å². The average molecular weight is 246 g/mol.